The predicted octanol–water partition coefficient (Wildman–Crippen LogP) is 3.80. The lowest BCUT2D eigenvalue weighted by molar-refractivity contribution is -0.385. The second-order valence-electron chi connectivity index (χ2n) is 8.17. The van der Waals surface area contributed by atoms with Crippen LogP contribution in [-0.4, -0.2) is 37.1 Å². The number of hydrogen-bond donors (Lipinski definition) is 0. The quantitative estimate of drug-likeness (QED) is 0.290. The molecule has 36 heavy (non-hydrogen) atoms. The number of halogens is 1. The molecule has 0 radical (unpaired) electrons. The molecule has 2 heterocycles. The first-order chi connectivity index (χ1) is 17.3. The first-order valence-corrected chi connectivity index (χ1v) is 10.9. The largest absolute Gasteiger partial charge is 0.493 e. The summed E-state index contributed by atoms with van der Waals surface area (Å²) in [7, 11) is 2.73. The summed E-state index contributed by atoms with van der Waals surface area (Å²) in [5.41, 5.74) is 0.289. The molecule has 5 rings (SSSR count). The van der Waals surface area contributed by atoms with Crippen molar-refractivity contribution in [2.24, 2.45) is 5.92 Å². The van der Waals surface area contributed by atoms with E-state index in [2.05, 4.69) is 0 Å². The Morgan fingerprint density at radius 1 is 0.917 bits per heavy atom. The van der Waals surface area contributed by atoms with Crippen molar-refractivity contribution < 1.29 is 33.2 Å². The fraction of sp³-hybridized carbons (Fsp3) is 0.200. The molecule has 0 unspecified atom stereocenters. The number of anilines is 2. The molecular weight excluding hydrogens is 473 g/mol. The fourth-order valence-electron chi connectivity index (χ4n) is 4.68. The van der Waals surface area contributed by atoms with Crippen LogP contribution in [0.5, 0.6) is 11.5 Å². The van der Waals surface area contributed by atoms with Gasteiger partial charge in [0.2, 0.25) is 5.91 Å². The SMILES string of the molecule is COc1cc([C@@H]2[C@@H]3C(=O)N(c4cccc(F)c4)C(=O)[C@@H]3ON2c2ccccc2)c([N+](=O)[O-])cc1OC. The summed E-state index contributed by atoms with van der Waals surface area (Å²) in [5.74, 6) is -2.80. The van der Waals surface area contributed by atoms with Gasteiger partial charge in [0.05, 0.1) is 42.1 Å². The molecule has 2 amide bonds. The number of imide groups is 1. The van der Waals surface area contributed by atoms with E-state index in [4.69, 9.17) is 14.3 Å². The van der Waals surface area contributed by atoms with E-state index in [1.807, 2.05) is 0 Å². The van der Waals surface area contributed by atoms with Crippen LogP contribution in [0, 0.1) is 21.8 Å². The first kappa shape index (κ1) is 23.2. The normalized spacial score (nSPS) is 21.0. The Bertz CT molecular complexity index is 1370. The maximum Gasteiger partial charge on any atom is 0.278 e. The molecule has 11 heteroatoms. The van der Waals surface area contributed by atoms with E-state index in [0.717, 1.165) is 11.0 Å². The number of nitrogens with zero attached hydrogens (tertiary/aromatic N) is 3. The topological polar surface area (TPSA) is 111 Å². The Hall–Kier alpha value is -4.51. The third-order valence-corrected chi connectivity index (χ3v) is 6.24. The van der Waals surface area contributed by atoms with Gasteiger partial charge in [-0.15, -0.1) is 0 Å². The maximum absolute atomic E-state index is 13.9. The van der Waals surface area contributed by atoms with Crippen LogP contribution >= 0.6 is 0 Å². The zero-order valence-electron chi connectivity index (χ0n) is 19.2. The average Bonchev–Trinajstić information content (AvgIpc) is 3.39. The van der Waals surface area contributed by atoms with Crippen LogP contribution in [0.4, 0.5) is 21.5 Å². The van der Waals surface area contributed by atoms with Crippen LogP contribution in [0.3, 0.4) is 0 Å². The average molecular weight is 493 g/mol. The number of benzene rings is 3. The molecule has 0 saturated carbocycles. The maximum atomic E-state index is 13.9. The Morgan fingerprint density at radius 3 is 2.22 bits per heavy atom. The number of methoxy groups -OCH3 is 2. The number of nitro benzene ring substituents is 1. The van der Waals surface area contributed by atoms with Crippen molar-refractivity contribution in [1.82, 2.24) is 0 Å². The summed E-state index contributed by atoms with van der Waals surface area (Å²) in [6.45, 7) is 0. The van der Waals surface area contributed by atoms with Gasteiger partial charge < -0.3 is 9.47 Å². The van der Waals surface area contributed by atoms with E-state index in [1.54, 1.807) is 30.3 Å². The van der Waals surface area contributed by atoms with Gasteiger partial charge >= 0.3 is 0 Å². The molecule has 0 aliphatic carbocycles. The van der Waals surface area contributed by atoms with Crippen molar-refractivity contribution in [1.29, 1.82) is 0 Å². The number of carbonyl (C=O) groups excluding carboxylic acids is 2. The van der Waals surface area contributed by atoms with Gasteiger partial charge in [-0.1, -0.05) is 24.3 Å². The number of amides is 2. The van der Waals surface area contributed by atoms with Gasteiger partial charge in [-0.05, 0) is 36.4 Å². The van der Waals surface area contributed by atoms with Gasteiger partial charge in [0.25, 0.3) is 11.6 Å². The minimum absolute atomic E-state index is 0.0508. The van der Waals surface area contributed by atoms with Gasteiger partial charge in [0.15, 0.2) is 17.6 Å². The number of para-hydroxylation sites is 1. The molecule has 10 nitrogen and oxygen atoms in total. The summed E-state index contributed by atoms with van der Waals surface area (Å²) < 4.78 is 24.5. The summed E-state index contributed by atoms with van der Waals surface area (Å²) in [6, 6.07) is 15.2. The Kier molecular flexibility index (Phi) is 5.77. The molecule has 2 aliphatic heterocycles. The zero-order chi connectivity index (χ0) is 25.6. The molecule has 2 saturated heterocycles. The fourth-order valence-corrected chi connectivity index (χ4v) is 4.68. The number of rotatable bonds is 6. The number of ether oxygens (including phenoxy) is 2. The van der Waals surface area contributed by atoms with E-state index in [9.17, 15) is 24.1 Å². The summed E-state index contributed by atoms with van der Waals surface area (Å²) in [5, 5.41) is 13.4. The lowest BCUT2D eigenvalue weighted by Crippen LogP contribution is -2.37. The van der Waals surface area contributed by atoms with E-state index in [-0.39, 0.29) is 28.4 Å². The summed E-state index contributed by atoms with van der Waals surface area (Å²) in [6.07, 6.45) is -1.28. The molecule has 0 bridgehead atoms. The monoisotopic (exact) mass is 493 g/mol. The van der Waals surface area contributed by atoms with Crippen molar-refractivity contribution >= 4 is 28.9 Å². The number of hydroxylamine groups is 1. The van der Waals surface area contributed by atoms with Crippen LogP contribution < -0.4 is 19.4 Å². The van der Waals surface area contributed by atoms with Crippen molar-refractivity contribution in [2.45, 2.75) is 12.1 Å². The zero-order valence-corrected chi connectivity index (χ0v) is 19.2. The Labute approximate surface area is 204 Å². The Balaban J connectivity index is 1.69. The third kappa shape index (κ3) is 3.60. The highest BCUT2D eigenvalue weighted by Gasteiger charge is 2.61. The summed E-state index contributed by atoms with van der Waals surface area (Å²) >= 11 is 0. The second-order valence-corrected chi connectivity index (χ2v) is 8.17. The molecule has 3 aromatic rings. The number of fused-ring (bicyclic) bond motifs is 1. The van der Waals surface area contributed by atoms with Gasteiger partial charge in [-0.25, -0.2) is 14.4 Å². The molecule has 2 aliphatic rings. The van der Waals surface area contributed by atoms with Crippen LogP contribution in [0.25, 0.3) is 0 Å². The van der Waals surface area contributed by atoms with Crippen molar-refractivity contribution in [3.05, 3.63) is 88.2 Å². The molecule has 3 atom stereocenters. The molecule has 184 valence electrons. The van der Waals surface area contributed by atoms with Crippen LogP contribution in [0.15, 0.2) is 66.7 Å². The van der Waals surface area contributed by atoms with Gasteiger partial charge in [-0.2, -0.15) is 0 Å². The lowest BCUT2D eigenvalue weighted by atomic mass is 9.89. The van der Waals surface area contributed by atoms with E-state index >= 15 is 0 Å². The highest BCUT2D eigenvalue weighted by atomic mass is 19.1. The smallest absolute Gasteiger partial charge is 0.278 e. The van der Waals surface area contributed by atoms with E-state index in [0.29, 0.717) is 5.69 Å². The molecule has 0 N–H and O–H groups in total. The molecule has 0 spiro atoms. The first-order valence-electron chi connectivity index (χ1n) is 10.9. The minimum Gasteiger partial charge on any atom is -0.493 e. The molecule has 3 aromatic carbocycles. The number of hydrogen-bond acceptors (Lipinski definition) is 8. The molecule has 2 fully saturated rings. The molecule has 0 aromatic heterocycles. The second kappa shape index (κ2) is 8.93. The van der Waals surface area contributed by atoms with E-state index in [1.165, 1.54) is 49.6 Å². The molecular formula is C25H20FN3O7. The number of carbonyl (C=O) groups is 2. The third-order valence-electron chi connectivity index (χ3n) is 6.24. The highest BCUT2D eigenvalue weighted by Crippen LogP contribution is 2.51. The lowest BCUT2D eigenvalue weighted by Gasteiger charge is -2.29. The van der Waals surface area contributed by atoms with Crippen LogP contribution in [0.1, 0.15) is 11.6 Å². The Morgan fingerprint density at radius 2 is 1.58 bits per heavy atom. The van der Waals surface area contributed by atoms with Crippen molar-refractivity contribution in [3.63, 3.8) is 0 Å². The standard InChI is InChI=1S/C25H20FN3O7/c1-34-19-12-17(18(29(32)33)13-20(19)35-2)22-21-23(36-28(22)15-8-4-3-5-9-15)25(31)27(24(21)30)16-10-6-7-14(26)11-16/h3-13,21-23H,1-2H3/t21-,22+,23+/m0/s1. The number of nitro groups is 1. The predicted molar refractivity (Wildman–Crippen MR) is 125 cm³/mol. The van der Waals surface area contributed by atoms with Gasteiger partial charge in [0, 0.05) is 0 Å². The van der Waals surface area contributed by atoms with Crippen LogP contribution in [-0.2, 0) is 14.4 Å². The summed E-state index contributed by atoms with van der Waals surface area (Å²) in [4.78, 5) is 45.4. The minimum atomic E-state index is -1.28. The van der Waals surface area contributed by atoms with E-state index < -0.39 is 40.6 Å². The van der Waals surface area contributed by atoms with Crippen LogP contribution in [0.2, 0.25) is 0 Å². The highest BCUT2D eigenvalue weighted by molar-refractivity contribution is 6.24. The van der Waals surface area contributed by atoms with Crippen molar-refractivity contribution in [2.75, 3.05) is 24.2 Å². The van der Waals surface area contributed by atoms with Crippen molar-refractivity contribution in [3.8, 4) is 11.5 Å². The van der Waals surface area contributed by atoms with Gasteiger partial charge in [-0.3, -0.25) is 24.5 Å². The van der Waals surface area contributed by atoms with Gasteiger partial charge in [0.1, 0.15) is 17.8 Å².